The Kier molecular flexibility index (Phi) is 9.42. The first-order valence-electron chi connectivity index (χ1n) is 12.8. The SMILES string of the molecule is Cc1cc(F)c(NC(=O)NC2CCC(F)(F)CC2)cc1-c1cc(Cl)nc(OCCO[Si](C)(C)C(C)(C)C)c1. The monoisotopic (exact) mass is 571 g/mol. The maximum atomic E-state index is 14.7. The van der Waals surface area contributed by atoms with Crippen LogP contribution in [0, 0.1) is 12.7 Å². The minimum atomic E-state index is -2.70. The zero-order valence-corrected chi connectivity index (χ0v) is 24.6. The van der Waals surface area contributed by atoms with Crippen LogP contribution < -0.4 is 15.4 Å². The maximum absolute atomic E-state index is 14.7. The fraction of sp³-hybridized carbons (Fsp3) is 0.556. The Morgan fingerprint density at radius 2 is 1.82 bits per heavy atom. The van der Waals surface area contributed by atoms with Gasteiger partial charge in [0.05, 0.1) is 12.3 Å². The van der Waals surface area contributed by atoms with Crippen molar-refractivity contribution in [1.82, 2.24) is 10.3 Å². The maximum Gasteiger partial charge on any atom is 0.319 e. The molecule has 1 aliphatic carbocycles. The minimum Gasteiger partial charge on any atom is -0.475 e. The lowest BCUT2D eigenvalue weighted by molar-refractivity contribution is -0.0394. The normalized spacial score (nSPS) is 16.3. The van der Waals surface area contributed by atoms with Gasteiger partial charge in [0.2, 0.25) is 11.8 Å². The number of benzene rings is 1. The van der Waals surface area contributed by atoms with E-state index in [2.05, 4.69) is 49.5 Å². The van der Waals surface area contributed by atoms with Gasteiger partial charge in [0, 0.05) is 24.9 Å². The van der Waals surface area contributed by atoms with Gasteiger partial charge < -0.3 is 19.8 Å². The van der Waals surface area contributed by atoms with Crippen molar-refractivity contribution < 1.29 is 27.1 Å². The van der Waals surface area contributed by atoms with Crippen LogP contribution in [-0.2, 0) is 4.43 Å². The molecule has 38 heavy (non-hydrogen) atoms. The molecule has 0 spiro atoms. The lowest BCUT2D eigenvalue weighted by Crippen LogP contribution is -2.42. The number of urea groups is 1. The average molecular weight is 572 g/mol. The molecule has 1 aliphatic rings. The van der Waals surface area contributed by atoms with Gasteiger partial charge >= 0.3 is 6.03 Å². The molecule has 0 aliphatic heterocycles. The molecule has 210 valence electrons. The fourth-order valence-corrected chi connectivity index (χ4v) is 5.20. The lowest BCUT2D eigenvalue weighted by Gasteiger charge is -2.36. The molecule has 0 unspecified atom stereocenters. The van der Waals surface area contributed by atoms with Gasteiger partial charge in [-0.3, -0.25) is 0 Å². The van der Waals surface area contributed by atoms with Gasteiger partial charge in [-0.1, -0.05) is 32.4 Å². The molecular formula is C27H37ClF3N3O3Si. The Morgan fingerprint density at radius 3 is 2.45 bits per heavy atom. The molecule has 0 saturated heterocycles. The molecule has 1 aromatic heterocycles. The first kappa shape index (κ1) is 30.2. The molecule has 3 rings (SSSR count). The van der Waals surface area contributed by atoms with Crippen molar-refractivity contribution in [3.8, 4) is 17.0 Å². The average Bonchev–Trinajstić information content (AvgIpc) is 2.79. The molecule has 0 atom stereocenters. The highest BCUT2D eigenvalue weighted by Gasteiger charge is 2.37. The van der Waals surface area contributed by atoms with E-state index in [4.69, 9.17) is 20.8 Å². The van der Waals surface area contributed by atoms with Crippen molar-refractivity contribution in [2.75, 3.05) is 18.5 Å². The summed E-state index contributed by atoms with van der Waals surface area (Å²) in [5.74, 6) is -3.01. The standard InChI is InChI=1S/C27H37ClF3N3O3Si/c1-17-13-21(29)22(33-25(35)32-19-7-9-27(30,31)10-8-19)16-20(17)18-14-23(28)34-24(15-18)36-11-12-37-38(5,6)26(2,3)4/h13-16,19H,7-12H2,1-6H3,(H2,32,33,35). The summed E-state index contributed by atoms with van der Waals surface area (Å²) in [7, 11) is -1.91. The summed E-state index contributed by atoms with van der Waals surface area (Å²) in [6.45, 7) is 13.3. The van der Waals surface area contributed by atoms with E-state index in [1.165, 1.54) is 12.1 Å². The van der Waals surface area contributed by atoms with E-state index < -0.39 is 26.1 Å². The van der Waals surface area contributed by atoms with Crippen LogP contribution >= 0.6 is 11.6 Å². The first-order chi connectivity index (χ1) is 17.6. The topological polar surface area (TPSA) is 72.5 Å². The van der Waals surface area contributed by atoms with E-state index in [-0.39, 0.29) is 47.6 Å². The Hall–Kier alpha value is -2.30. The van der Waals surface area contributed by atoms with Gasteiger partial charge in [0.15, 0.2) is 8.32 Å². The van der Waals surface area contributed by atoms with Gasteiger partial charge in [0.25, 0.3) is 0 Å². The van der Waals surface area contributed by atoms with E-state index in [1.807, 2.05) is 0 Å². The summed E-state index contributed by atoms with van der Waals surface area (Å²) < 4.78 is 53.4. The Labute approximate surface area is 228 Å². The zero-order chi connectivity index (χ0) is 28.3. The molecule has 1 aromatic carbocycles. The highest BCUT2D eigenvalue weighted by atomic mass is 35.5. The van der Waals surface area contributed by atoms with Crippen molar-refractivity contribution in [1.29, 1.82) is 0 Å². The van der Waals surface area contributed by atoms with E-state index in [1.54, 1.807) is 19.1 Å². The van der Waals surface area contributed by atoms with Gasteiger partial charge in [-0.15, -0.1) is 0 Å². The van der Waals surface area contributed by atoms with Gasteiger partial charge in [-0.2, -0.15) is 0 Å². The smallest absolute Gasteiger partial charge is 0.319 e. The summed E-state index contributed by atoms with van der Waals surface area (Å²) in [6, 6.07) is 5.12. The summed E-state index contributed by atoms with van der Waals surface area (Å²) >= 11 is 6.26. The predicted octanol–water partition coefficient (Wildman–Crippen LogP) is 7.95. The molecule has 2 aromatic rings. The van der Waals surface area contributed by atoms with Gasteiger partial charge in [0.1, 0.15) is 17.6 Å². The van der Waals surface area contributed by atoms with Crippen LogP contribution in [0.1, 0.15) is 52.0 Å². The number of carbonyl (C=O) groups excluding carboxylic acids is 1. The molecule has 11 heteroatoms. The van der Waals surface area contributed by atoms with Crippen LogP contribution in [0.2, 0.25) is 23.3 Å². The van der Waals surface area contributed by atoms with Gasteiger partial charge in [-0.25, -0.2) is 22.9 Å². The van der Waals surface area contributed by atoms with E-state index in [0.717, 1.165) is 0 Å². The fourth-order valence-electron chi connectivity index (χ4n) is 3.97. The van der Waals surface area contributed by atoms with Crippen molar-refractivity contribution in [2.24, 2.45) is 0 Å². The molecule has 1 heterocycles. The summed E-state index contributed by atoms with van der Waals surface area (Å²) in [5.41, 5.74) is 1.85. The van der Waals surface area contributed by atoms with Gasteiger partial charge in [-0.05, 0) is 72.8 Å². The van der Waals surface area contributed by atoms with Crippen LogP contribution in [0.25, 0.3) is 11.1 Å². The Bertz CT molecular complexity index is 1150. The number of hydrogen-bond donors (Lipinski definition) is 2. The van der Waals surface area contributed by atoms with Crippen molar-refractivity contribution in [3.05, 3.63) is 40.8 Å². The number of nitrogens with one attached hydrogen (secondary N) is 2. The van der Waals surface area contributed by atoms with Crippen LogP contribution in [0.4, 0.5) is 23.7 Å². The Balaban J connectivity index is 1.69. The number of carbonyl (C=O) groups is 1. The van der Waals surface area contributed by atoms with E-state index in [0.29, 0.717) is 35.8 Å². The van der Waals surface area contributed by atoms with Crippen LogP contribution in [-0.4, -0.2) is 44.5 Å². The van der Waals surface area contributed by atoms with Crippen molar-refractivity contribution >= 4 is 31.6 Å². The molecule has 0 bridgehead atoms. The number of ether oxygens (including phenoxy) is 1. The second kappa shape index (κ2) is 11.8. The highest BCUT2D eigenvalue weighted by molar-refractivity contribution is 6.74. The summed E-state index contributed by atoms with van der Waals surface area (Å²) in [6.07, 6.45) is -0.226. The Morgan fingerprint density at radius 1 is 1.16 bits per heavy atom. The van der Waals surface area contributed by atoms with Crippen molar-refractivity contribution in [2.45, 2.75) is 83.5 Å². The summed E-state index contributed by atoms with van der Waals surface area (Å²) in [5, 5.41) is 5.46. The third kappa shape index (κ3) is 8.10. The molecule has 0 radical (unpaired) electrons. The third-order valence-corrected chi connectivity index (χ3v) is 12.0. The molecule has 1 saturated carbocycles. The number of rotatable bonds is 8. The quantitative estimate of drug-likeness (QED) is 0.191. The second-order valence-electron chi connectivity index (χ2n) is 11.3. The molecule has 6 nitrogen and oxygen atoms in total. The molecule has 2 N–H and O–H groups in total. The van der Waals surface area contributed by atoms with Crippen LogP contribution in [0.5, 0.6) is 5.88 Å². The number of anilines is 1. The van der Waals surface area contributed by atoms with Crippen LogP contribution in [0.15, 0.2) is 24.3 Å². The number of hydrogen-bond acceptors (Lipinski definition) is 4. The number of halogens is 4. The molecule has 1 fully saturated rings. The number of nitrogens with zero attached hydrogens (tertiary/aromatic N) is 1. The zero-order valence-electron chi connectivity index (χ0n) is 22.8. The number of alkyl halides is 2. The number of amides is 2. The summed E-state index contributed by atoms with van der Waals surface area (Å²) in [4.78, 5) is 16.7. The lowest BCUT2D eigenvalue weighted by atomic mass is 9.92. The largest absolute Gasteiger partial charge is 0.475 e. The minimum absolute atomic E-state index is 0.0394. The number of aromatic nitrogens is 1. The van der Waals surface area contributed by atoms with Crippen LogP contribution in [0.3, 0.4) is 0 Å². The predicted molar refractivity (Wildman–Crippen MR) is 147 cm³/mol. The molecule has 2 amide bonds. The van der Waals surface area contributed by atoms with E-state index >= 15 is 0 Å². The second-order valence-corrected chi connectivity index (χ2v) is 16.5. The van der Waals surface area contributed by atoms with Crippen molar-refractivity contribution in [3.63, 3.8) is 0 Å². The third-order valence-electron chi connectivity index (χ3n) is 7.30. The van der Waals surface area contributed by atoms with E-state index in [9.17, 15) is 18.0 Å². The molecular weight excluding hydrogens is 535 g/mol. The number of aryl methyl sites for hydroxylation is 1. The number of pyridine rings is 1. The highest BCUT2D eigenvalue weighted by Crippen LogP contribution is 2.37. The first-order valence-corrected chi connectivity index (χ1v) is 16.1.